The van der Waals surface area contributed by atoms with E-state index in [0.29, 0.717) is 6.54 Å². The molecule has 0 aromatic heterocycles. The van der Waals surface area contributed by atoms with Gasteiger partial charge in [-0.1, -0.05) is 24.3 Å². The Bertz CT molecular complexity index is 523. The zero-order valence-corrected chi connectivity index (χ0v) is 9.77. The van der Waals surface area contributed by atoms with E-state index in [9.17, 15) is 4.79 Å². The molecule has 0 heterocycles. The van der Waals surface area contributed by atoms with Crippen molar-refractivity contribution in [1.82, 2.24) is 5.32 Å². The van der Waals surface area contributed by atoms with Gasteiger partial charge in [-0.05, 0) is 34.9 Å². The second-order valence-corrected chi connectivity index (χ2v) is 3.83. The zero-order valence-electron chi connectivity index (χ0n) is 9.77. The second kappa shape index (κ2) is 5.34. The van der Waals surface area contributed by atoms with E-state index in [1.54, 1.807) is 7.11 Å². The summed E-state index contributed by atoms with van der Waals surface area (Å²) in [5.41, 5.74) is 1.22. The van der Waals surface area contributed by atoms with Gasteiger partial charge in [-0.15, -0.1) is 0 Å². The van der Waals surface area contributed by atoms with Crippen LogP contribution in [-0.4, -0.2) is 20.1 Å². The van der Waals surface area contributed by atoms with Crippen LogP contribution in [-0.2, 0) is 11.2 Å². The molecule has 1 amide bonds. The summed E-state index contributed by atoms with van der Waals surface area (Å²) >= 11 is 0. The largest absolute Gasteiger partial charge is 0.497 e. The lowest BCUT2D eigenvalue weighted by atomic mass is 10.0. The average Bonchev–Trinajstić information content (AvgIpc) is 2.39. The van der Waals surface area contributed by atoms with E-state index in [2.05, 4.69) is 17.4 Å². The van der Waals surface area contributed by atoms with Crippen LogP contribution in [0.4, 0.5) is 0 Å². The molecule has 0 atom stereocenters. The molecule has 3 heteroatoms. The normalized spacial score (nSPS) is 10.2. The van der Waals surface area contributed by atoms with Crippen molar-refractivity contribution in [2.45, 2.75) is 6.42 Å². The van der Waals surface area contributed by atoms with Gasteiger partial charge in [0.15, 0.2) is 0 Å². The molecule has 2 rings (SSSR count). The van der Waals surface area contributed by atoms with E-state index in [-0.39, 0.29) is 0 Å². The van der Waals surface area contributed by atoms with Crippen molar-refractivity contribution in [2.75, 3.05) is 13.7 Å². The fraction of sp³-hybridized carbons (Fsp3) is 0.214. The van der Waals surface area contributed by atoms with E-state index in [1.807, 2.05) is 24.3 Å². The number of carbonyl (C=O) groups excluding carboxylic acids is 1. The number of hydrogen-bond acceptors (Lipinski definition) is 2. The number of carbonyl (C=O) groups is 1. The van der Waals surface area contributed by atoms with Gasteiger partial charge in [0, 0.05) is 6.54 Å². The number of amides is 1. The summed E-state index contributed by atoms with van der Waals surface area (Å²) in [4.78, 5) is 10.2. The minimum atomic E-state index is 0.653. The molecular formula is C14H15NO2. The third kappa shape index (κ3) is 2.56. The Morgan fingerprint density at radius 2 is 2.18 bits per heavy atom. The molecule has 0 unspecified atom stereocenters. The Labute approximate surface area is 100 Å². The van der Waals surface area contributed by atoms with Gasteiger partial charge in [0.05, 0.1) is 7.11 Å². The van der Waals surface area contributed by atoms with Crippen LogP contribution in [0.3, 0.4) is 0 Å². The Morgan fingerprint density at radius 1 is 1.29 bits per heavy atom. The summed E-state index contributed by atoms with van der Waals surface area (Å²) < 4.78 is 5.23. The first-order chi connectivity index (χ1) is 8.35. The van der Waals surface area contributed by atoms with Crippen molar-refractivity contribution in [2.24, 2.45) is 0 Å². The highest BCUT2D eigenvalue weighted by Gasteiger charge is 2.02. The third-order valence-corrected chi connectivity index (χ3v) is 2.80. The second-order valence-electron chi connectivity index (χ2n) is 3.83. The Morgan fingerprint density at radius 3 is 2.94 bits per heavy atom. The van der Waals surface area contributed by atoms with Gasteiger partial charge in [-0.2, -0.15) is 0 Å². The zero-order chi connectivity index (χ0) is 12.1. The minimum absolute atomic E-state index is 0.653. The first-order valence-electron chi connectivity index (χ1n) is 5.58. The van der Waals surface area contributed by atoms with Gasteiger partial charge in [0.2, 0.25) is 6.41 Å². The summed E-state index contributed by atoms with van der Waals surface area (Å²) in [6, 6.07) is 12.2. The fourth-order valence-electron chi connectivity index (χ4n) is 1.93. The number of nitrogens with one attached hydrogen (secondary N) is 1. The molecule has 88 valence electrons. The Balaban J connectivity index is 2.36. The van der Waals surface area contributed by atoms with Crippen molar-refractivity contribution in [3.8, 4) is 5.75 Å². The topological polar surface area (TPSA) is 38.3 Å². The molecule has 0 aliphatic carbocycles. The minimum Gasteiger partial charge on any atom is -0.497 e. The molecule has 0 bridgehead atoms. The van der Waals surface area contributed by atoms with Crippen LogP contribution in [0, 0.1) is 0 Å². The lowest BCUT2D eigenvalue weighted by molar-refractivity contribution is -0.109. The van der Waals surface area contributed by atoms with E-state index in [4.69, 9.17) is 4.74 Å². The molecule has 0 fully saturated rings. The SMILES string of the molecule is COc1ccc2cccc(CCNC=O)c2c1. The van der Waals surface area contributed by atoms with Crippen LogP contribution in [0.25, 0.3) is 10.8 Å². The van der Waals surface area contributed by atoms with E-state index in [1.165, 1.54) is 16.3 Å². The molecule has 2 aromatic carbocycles. The average molecular weight is 229 g/mol. The van der Waals surface area contributed by atoms with E-state index >= 15 is 0 Å². The fourth-order valence-corrected chi connectivity index (χ4v) is 1.93. The van der Waals surface area contributed by atoms with Crippen molar-refractivity contribution < 1.29 is 9.53 Å². The van der Waals surface area contributed by atoms with Gasteiger partial charge in [-0.3, -0.25) is 4.79 Å². The lowest BCUT2D eigenvalue weighted by Crippen LogP contribution is -2.14. The summed E-state index contributed by atoms with van der Waals surface area (Å²) in [5.74, 6) is 0.855. The lowest BCUT2D eigenvalue weighted by Gasteiger charge is -2.08. The van der Waals surface area contributed by atoms with Crippen molar-refractivity contribution >= 4 is 17.2 Å². The van der Waals surface area contributed by atoms with Crippen LogP contribution in [0.2, 0.25) is 0 Å². The molecule has 0 aliphatic rings. The number of fused-ring (bicyclic) bond motifs is 1. The predicted molar refractivity (Wildman–Crippen MR) is 68.3 cm³/mol. The predicted octanol–water partition coefficient (Wildman–Crippen LogP) is 2.14. The number of rotatable bonds is 5. The van der Waals surface area contributed by atoms with Crippen LogP contribution < -0.4 is 10.1 Å². The third-order valence-electron chi connectivity index (χ3n) is 2.80. The van der Waals surface area contributed by atoms with Gasteiger partial charge in [0.25, 0.3) is 0 Å². The smallest absolute Gasteiger partial charge is 0.207 e. The molecule has 0 radical (unpaired) electrons. The van der Waals surface area contributed by atoms with Crippen molar-refractivity contribution in [3.63, 3.8) is 0 Å². The molecule has 3 nitrogen and oxygen atoms in total. The summed E-state index contributed by atoms with van der Waals surface area (Å²) in [6.07, 6.45) is 1.55. The molecule has 17 heavy (non-hydrogen) atoms. The van der Waals surface area contributed by atoms with E-state index < -0.39 is 0 Å². The Kier molecular flexibility index (Phi) is 3.60. The molecule has 0 spiro atoms. The first-order valence-corrected chi connectivity index (χ1v) is 5.58. The molecule has 0 saturated heterocycles. The van der Waals surface area contributed by atoms with Crippen LogP contribution in [0.15, 0.2) is 36.4 Å². The number of hydrogen-bond donors (Lipinski definition) is 1. The quantitative estimate of drug-likeness (QED) is 0.630. The highest BCUT2D eigenvalue weighted by molar-refractivity contribution is 5.87. The molecule has 2 aromatic rings. The summed E-state index contributed by atoms with van der Waals surface area (Å²) in [6.45, 7) is 0.653. The maximum Gasteiger partial charge on any atom is 0.207 e. The highest BCUT2D eigenvalue weighted by Crippen LogP contribution is 2.24. The van der Waals surface area contributed by atoms with Gasteiger partial charge >= 0.3 is 0 Å². The summed E-state index contributed by atoms with van der Waals surface area (Å²) in [7, 11) is 1.66. The Hall–Kier alpha value is -2.03. The van der Waals surface area contributed by atoms with Crippen LogP contribution in [0.1, 0.15) is 5.56 Å². The molecule has 0 aliphatic heterocycles. The molecule has 0 saturated carbocycles. The monoisotopic (exact) mass is 229 g/mol. The maximum atomic E-state index is 10.2. The number of ether oxygens (including phenoxy) is 1. The molecular weight excluding hydrogens is 214 g/mol. The van der Waals surface area contributed by atoms with Gasteiger partial charge in [0.1, 0.15) is 5.75 Å². The number of benzene rings is 2. The van der Waals surface area contributed by atoms with Gasteiger partial charge < -0.3 is 10.1 Å². The van der Waals surface area contributed by atoms with Crippen molar-refractivity contribution in [1.29, 1.82) is 0 Å². The number of methoxy groups -OCH3 is 1. The van der Waals surface area contributed by atoms with E-state index in [0.717, 1.165) is 18.6 Å². The van der Waals surface area contributed by atoms with Crippen LogP contribution >= 0.6 is 0 Å². The summed E-state index contributed by atoms with van der Waals surface area (Å²) in [5, 5.41) is 5.05. The van der Waals surface area contributed by atoms with Crippen LogP contribution in [0.5, 0.6) is 5.75 Å². The highest BCUT2D eigenvalue weighted by atomic mass is 16.5. The first kappa shape index (κ1) is 11.5. The maximum absolute atomic E-state index is 10.2. The van der Waals surface area contributed by atoms with Gasteiger partial charge in [-0.25, -0.2) is 0 Å². The molecule has 1 N–H and O–H groups in total. The van der Waals surface area contributed by atoms with Crippen molar-refractivity contribution in [3.05, 3.63) is 42.0 Å². The standard InChI is InChI=1S/C14H15NO2/c1-17-13-6-5-11-3-2-4-12(14(11)9-13)7-8-15-10-16/h2-6,9-10H,7-8H2,1H3,(H,15,16).